The molecule has 0 fully saturated rings. The van der Waals surface area contributed by atoms with Crippen molar-refractivity contribution in [3.8, 4) is 23.3 Å². The van der Waals surface area contributed by atoms with Gasteiger partial charge >= 0.3 is 6.36 Å². The molecule has 136 valence electrons. The maximum atomic E-state index is 12.1. The zero-order valence-corrected chi connectivity index (χ0v) is 13.8. The average Bonchev–Trinajstić information content (AvgIpc) is 2.58. The van der Waals surface area contributed by atoms with E-state index in [-0.39, 0.29) is 18.7 Å². The Balaban J connectivity index is 1.74. The van der Waals surface area contributed by atoms with Gasteiger partial charge in [-0.1, -0.05) is 11.8 Å². The standard InChI is InChI=1S/C18H15F3N2O3/c1-13-4-7-16(12-23-13)25-11-3-2-10-22-17(24)14-5-8-15(9-6-14)26-18(19,20)21/h4-9,12H,10-11H2,1H3,(H,22,24). The molecule has 0 aliphatic heterocycles. The molecule has 1 heterocycles. The van der Waals surface area contributed by atoms with Gasteiger partial charge in [-0.25, -0.2) is 0 Å². The molecule has 2 aromatic rings. The minimum atomic E-state index is -4.77. The third-order valence-corrected chi connectivity index (χ3v) is 3.01. The van der Waals surface area contributed by atoms with Crippen LogP contribution in [0.2, 0.25) is 0 Å². The van der Waals surface area contributed by atoms with Gasteiger partial charge in [-0.3, -0.25) is 9.78 Å². The van der Waals surface area contributed by atoms with Gasteiger partial charge in [0, 0.05) is 11.3 Å². The second-order valence-electron chi connectivity index (χ2n) is 5.03. The number of halogens is 3. The number of nitrogens with zero attached hydrogens (tertiary/aromatic N) is 1. The van der Waals surface area contributed by atoms with Crippen LogP contribution in [-0.4, -0.2) is 30.4 Å². The number of carbonyl (C=O) groups excluding carboxylic acids is 1. The lowest BCUT2D eigenvalue weighted by atomic mass is 10.2. The molecule has 0 atom stereocenters. The first-order chi connectivity index (χ1) is 12.3. The highest BCUT2D eigenvalue weighted by atomic mass is 19.4. The van der Waals surface area contributed by atoms with Crippen LogP contribution in [0.25, 0.3) is 0 Å². The molecule has 0 aliphatic carbocycles. The van der Waals surface area contributed by atoms with E-state index in [1.165, 1.54) is 12.1 Å². The number of hydrogen-bond donors (Lipinski definition) is 1. The predicted octanol–water partition coefficient (Wildman–Crippen LogP) is 3.10. The molecule has 0 saturated heterocycles. The number of alkyl halides is 3. The van der Waals surface area contributed by atoms with Crippen LogP contribution in [0.5, 0.6) is 11.5 Å². The maximum absolute atomic E-state index is 12.1. The van der Waals surface area contributed by atoms with Crippen molar-refractivity contribution < 1.29 is 27.4 Å². The molecular weight excluding hydrogens is 349 g/mol. The summed E-state index contributed by atoms with van der Waals surface area (Å²) in [6.45, 7) is 2.09. The van der Waals surface area contributed by atoms with Crippen molar-refractivity contribution >= 4 is 5.91 Å². The van der Waals surface area contributed by atoms with E-state index in [1.54, 1.807) is 12.3 Å². The van der Waals surface area contributed by atoms with E-state index in [9.17, 15) is 18.0 Å². The smallest absolute Gasteiger partial charge is 0.479 e. The molecule has 26 heavy (non-hydrogen) atoms. The third-order valence-electron chi connectivity index (χ3n) is 3.01. The topological polar surface area (TPSA) is 60.5 Å². The van der Waals surface area contributed by atoms with Gasteiger partial charge in [0.15, 0.2) is 0 Å². The van der Waals surface area contributed by atoms with Gasteiger partial charge in [0.1, 0.15) is 18.1 Å². The van der Waals surface area contributed by atoms with Crippen molar-refractivity contribution in [1.29, 1.82) is 0 Å². The van der Waals surface area contributed by atoms with E-state index in [2.05, 4.69) is 26.9 Å². The summed E-state index contributed by atoms with van der Waals surface area (Å²) in [6, 6.07) is 8.19. The van der Waals surface area contributed by atoms with Crippen molar-refractivity contribution in [2.24, 2.45) is 0 Å². The fourth-order valence-electron chi connectivity index (χ4n) is 1.81. The monoisotopic (exact) mass is 364 g/mol. The van der Waals surface area contributed by atoms with Gasteiger partial charge in [-0.2, -0.15) is 0 Å². The maximum Gasteiger partial charge on any atom is 0.573 e. The van der Waals surface area contributed by atoms with Crippen LogP contribution in [0.15, 0.2) is 42.6 Å². The number of benzene rings is 1. The van der Waals surface area contributed by atoms with Crippen LogP contribution in [0.3, 0.4) is 0 Å². The number of carbonyl (C=O) groups is 1. The van der Waals surface area contributed by atoms with Crippen LogP contribution >= 0.6 is 0 Å². The van der Waals surface area contributed by atoms with Crippen LogP contribution in [0.4, 0.5) is 13.2 Å². The van der Waals surface area contributed by atoms with Gasteiger partial charge in [0.2, 0.25) is 0 Å². The first kappa shape index (κ1) is 19.1. The zero-order chi connectivity index (χ0) is 19.0. The molecule has 1 aromatic heterocycles. The van der Waals surface area contributed by atoms with Gasteiger partial charge in [0.05, 0.1) is 12.7 Å². The molecule has 1 amide bonds. The first-order valence-corrected chi connectivity index (χ1v) is 7.49. The molecule has 0 bridgehead atoms. The molecule has 0 spiro atoms. The molecule has 1 aromatic carbocycles. The summed E-state index contributed by atoms with van der Waals surface area (Å²) >= 11 is 0. The summed E-state index contributed by atoms with van der Waals surface area (Å²) in [5.41, 5.74) is 1.08. The highest BCUT2D eigenvalue weighted by Gasteiger charge is 2.31. The molecule has 8 heteroatoms. The highest BCUT2D eigenvalue weighted by Crippen LogP contribution is 2.22. The quantitative estimate of drug-likeness (QED) is 0.829. The fourth-order valence-corrected chi connectivity index (χ4v) is 1.81. The molecular formula is C18H15F3N2O3. The van der Waals surface area contributed by atoms with Crippen molar-refractivity contribution in [2.75, 3.05) is 13.2 Å². The van der Waals surface area contributed by atoms with Crippen molar-refractivity contribution in [1.82, 2.24) is 10.3 Å². The summed E-state index contributed by atoms with van der Waals surface area (Å²) in [5.74, 6) is 5.18. The number of aromatic nitrogens is 1. The number of nitrogens with one attached hydrogen (secondary N) is 1. The lowest BCUT2D eigenvalue weighted by molar-refractivity contribution is -0.274. The summed E-state index contributed by atoms with van der Waals surface area (Å²) in [6.07, 6.45) is -3.18. The number of hydrogen-bond acceptors (Lipinski definition) is 4. The largest absolute Gasteiger partial charge is 0.573 e. The fraction of sp³-hybridized carbons (Fsp3) is 0.222. The highest BCUT2D eigenvalue weighted by molar-refractivity contribution is 5.94. The summed E-state index contributed by atoms with van der Waals surface area (Å²) in [4.78, 5) is 15.9. The summed E-state index contributed by atoms with van der Waals surface area (Å²) in [7, 11) is 0. The Labute approximate surface area is 148 Å². The van der Waals surface area contributed by atoms with Crippen LogP contribution in [0, 0.1) is 18.8 Å². The molecule has 0 unspecified atom stereocenters. The van der Waals surface area contributed by atoms with Gasteiger partial charge in [-0.15, -0.1) is 13.2 Å². The lowest BCUT2D eigenvalue weighted by Gasteiger charge is -2.09. The van der Waals surface area contributed by atoms with Crippen molar-refractivity contribution in [2.45, 2.75) is 13.3 Å². The van der Waals surface area contributed by atoms with Crippen LogP contribution in [0.1, 0.15) is 16.1 Å². The van der Waals surface area contributed by atoms with Crippen molar-refractivity contribution in [3.05, 3.63) is 53.9 Å². The van der Waals surface area contributed by atoms with E-state index in [1.807, 2.05) is 13.0 Å². The first-order valence-electron chi connectivity index (χ1n) is 7.49. The zero-order valence-electron chi connectivity index (χ0n) is 13.8. The Hall–Kier alpha value is -3.21. The number of ether oxygens (including phenoxy) is 2. The predicted molar refractivity (Wildman–Crippen MR) is 87.7 cm³/mol. The Bertz CT molecular complexity index is 792. The molecule has 0 radical (unpaired) electrons. The molecule has 1 N–H and O–H groups in total. The summed E-state index contributed by atoms with van der Waals surface area (Å²) < 4.78 is 45.3. The minimum absolute atomic E-state index is 0.0785. The number of aryl methyl sites for hydroxylation is 1. The van der Waals surface area contributed by atoms with E-state index >= 15 is 0 Å². The summed E-state index contributed by atoms with van der Waals surface area (Å²) in [5, 5.41) is 2.53. The second-order valence-corrected chi connectivity index (χ2v) is 5.03. The van der Waals surface area contributed by atoms with Gasteiger partial charge in [0.25, 0.3) is 5.91 Å². The normalized spacial score (nSPS) is 10.5. The third kappa shape index (κ3) is 6.73. The Morgan fingerprint density at radius 3 is 2.42 bits per heavy atom. The van der Waals surface area contributed by atoms with Gasteiger partial charge < -0.3 is 14.8 Å². The molecule has 5 nitrogen and oxygen atoms in total. The average molecular weight is 364 g/mol. The number of amides is 1. The number of pyridine rings is 1. The minimum Gasteiger partial charge on any atom is -0.479 e. The van der Waals surface area contributed by atoms with Gasteiger partial charge in [-0.05, 0) is 43.3 Å². The molecule has 0 saturated carbocycles. The lowest BCUT2D eigenvalue weighted by Crippen LogP contribution is -2.23. The SMILES string of the molecule is Cc1ccc(OCC#CCNC(=O)c2ccc(OC(F)(F)F)cc2)cn1. The van der Waals surface area contributed by atoms with E-state index in [0.29, 0.717) is 5.75 Å². The van der Waals surface area contributed by atoms with E-state index in [0.717, 1.165) is 17.8 Å². The Morgan fingerprint density at radius 1 is 1.12 bits per heavy atom. The van der Waals surface area contributed by atoms with Crippen LogP contribution < -0.4 is 14.8 Å². The van der Waals surface area contributed by atoms with E-state index < -0.39 is 18.0 Å². The Morgan fingerprint density at radius 2 is 1.81 bits per heavy atom. The van der Waals surface area contributed by atoms with Crippen molar-refractivity contribution in [3.63, 3.8) is 0 Å². The molecule has 2 rings (SSSR count). The molecule has 0 aliphatic rings. The van der Waals surface area contributed by atoms with Crippen LogP contribution in [-0.2, 0) is 0 Å². The second kappa shape index (κ2) is 8.76. The Kier molecular flexibility index (Phi) is 6.44. The van der Waals surface area contributed by atoms with E-state index in [4.69, 9.17) is 4.74 Å². The number of rotatable bonds is 5.